The summed E-state index contributed by atoms with van der Waals surface area (Å²) >= 11 is 0. The molecule has 0 bridgehead atoms. The molecule has 0 radical (unpaired) electrons. The summed E-state index contributed by atoms with van der Waals surface area (Å²) in [7, 11) is 0. The molecule has 0 atom stereocenters. The number of amides is 1. The Morgan fingerprint density at radius 1 is 1.19 bits per heavy atom. The molecule has 2 heterocycles. The highest BCUT2D eigenvalue weighted by atomic mass is 16.5. The van der Waals surface area contributed by atoms with Crippen molar-refractivity contribution in [1.29, 1.82) is 0 Å². The first-order chi connectivity index (χ1) is 12.6. The fourth-order valence-corrected chi connectivity index (χ4v) is 3.29. The van der Waals surface area contributed by atoms with Crippen LogP contribution in [0.15, 0.2) is 47.0 Å². The number of carbonyl (C=O) groups is 1. The molecule has 132 valence electrons. The SMILES string of the molecule is CCc1nc(-c2ccc3c(c2)CCN3C(=O)Cc2ccc(C)cc2)no1. The molecule has 0 saturated heterocycles. The predicted molar refractivity (Wildman–Crippen MR) is 100 cm³/mol. The topological polar surface area (TPSA) is 59.2 Å². The second-order valence-electron chi connectivity index (χ2n) is 6.67. The van der Waals surface area contributed by atoms with E-state index in [1.54, 1.807) is 0 Å². The van der Waals surface area contributed by atoms with E-state index in [0.717, 1.165) is 41.8 Å². The second-order valence-corrected chi connectivity index (χ2v) is 6.67. The average Bonchev–Trinajstić information content (AvgIpc) is 3.29. The van der Waals surface area contributed by atoms with Crippen molar-refractivity contribution in [2.75, 3.05) is 11.4 Å². The Hall–Kier alpha value is -2.95. The van der Waals surface area contributed by atoms with Crippen LogP contribution in [0.25, 0.3) is 11.4 Å². The van der Waals surface area contributed by atoms with Crippen molar-refractivity contribution < 1.29 is 9.32 Å². The summed E-state index contributed by atoms with van der Waals surface area (Å²) in [6, 6.07) is 14.2. The van der Waals surface area contributed by atoms with Crippen LogP contribution in [0, 0.1) is 6.92 Å². The van der Waals surface area contributed by atoms with Gasteiger partial charge < -0.3 is 9.42 Å². The summed E-state index contributed by atoms with van der Waals surface area (Å²) in [5.41, 5.74) is 5.32. The number of aryl methyl sites for hydroxylation is 2. The molecule has 0 fully saturated rings. The lowest BCUT2D eigenvalue weighted by atomic mass is 10.1. The lowest BCUT2D eigenvalue weighted by Gasteiger charge is -2.17. The molecule has 1 aromatic heterocycles. The third-order valence-electron chi connectivity index (χ3n) is 4.78. The van der Waals surface area contributed by atoms with Crippen LogP contribution in [0.4, 0.5) is 5.69 Å². The van der Waals surface area contributed by atoms with Crippen LogP contribution >= 0.6 is 0 Å². The Morgan fingerprint density at radius 2 is 2.00 bits per heavy atom. The Balaban J connectivity index is 1.54. The van der Waals surface area contributed by atoms with E-state index in [2.05, 4.69) is 16.2 Å². The van der Waals surface area contributed by atoms with Crippen LogP contribution in [0.1, 0.15) is 29.5 Å². The molecule has 5 nitrogen and oxygen atoms in total. The van der Waals surface area contributed by atoms with Crippen molar-refractivity contribution in [2.45, 2.75) is 33.1 Å². The summed E-state index contributed by atoms with van der Waals surface area (Å²) in [6.45, 7) is 4.75. The van der Waals surface area contributed by atoms with Crippen molar-refractivity contribution in [3.05, 3.63) is 65.0 Å². The molecule has 5 heteroatoms. The monoisotopic (exact) mass is 347 g/mol. The molecule has 1 amide bonds. The number of benzene rings is 2. The fraction of sp³-hybridized carbons (Fsp3) is 0.286. The number of fused-ring (bicyclic) bond motifs is 1. The minimum atomic E-state index is 0.133. The third-order valence-corrected chi connectivity index (χ3v) is 4.78. The third kappa shape index (κ3) is 3.12. The Kier molecular flexibility index (Phi) is 4.29. The molecule has 0 saturated carbocycles. The molecule has 3 aromatic rings. The zero-order valence-corrected chi connectivity index (χ0v) is 15.0. The molecule has 0 aliphatic carbocycles. The van der Waals surface area contributed by atoms with Crippen LogP contribution in [0.2, 0.25) is 0 Å². The van der Waals surface area contributed by atoms with Gasteiger partial charge in [-0.2, -0.15) is 4.98 Å². The lowest BCUT2D eigenvalue weighted by molar-refractivity contribution is -0.117. The standard InChI is InChI=1S/C21H21N3O2/c1-3-19-22-21(23-26-19)17-8-9-18-16(13-17)10-11-24(18)20(25)12-15-6-4-14(2)5-7-15/h4-9,13H,3,10-12H2,1-2H3. The van der Waals surface area contributed by atoms with Crippen LogP contribution in [0.5, 0.6) is 0 Å². The van der Waals surface area contributed by atoms with E-state index in [0.29, 0.717) is 18.1 Å². The van der Waals surface area contributed by atoms with Gasteiger partial charge in [0.25, 0.3) is 0 Å². The molecule has 4 rings (SSSR count). The maximum atomic E-state index is 12.7. The molecule has 1 aliphatic rings. The van der Waals surface area contributed by atoms with Gasteiger partial charge in [-0.15, -0.1) is 0 Å². The van der Waals surface area contributed by atoms with Crippen LogP contribution in [-0.2, 0) is 24.1 Å². The fourth-order valence-electron chi connectivity index (χ4n) is 3.29. The maximum Gasteiger partial charge on any atom is 0.231 e. The van der Waals surface area contributed by atoms with E-state index < -0.39 is 0 Å². The summed E-state index contributed by atoms with van der Waals surface area (Å²) in [5, 5.41) is 4.03. The Labute approximate surface area is 152 Å². The number of carbonyl (C=O) groups excluding carboxylic acids is 1. The highest BCUT2D eigenvalue weighted by Gasteiger charge is 2.25. The predicted octanol–water partition coefficient (Wildman–Crippen LogP) is 3.74. The minimum Gasteiger partial charge on any atom is -0.339 e. The van der Waals surface area contributed by atoms with Crippen molar-refractivity contribution >= 4 is 11.6 Å². The summed E-state index contributed by atoms with van der Waals surface area (Å²) in [6.07, 6.45) is 1.99. The smallest absolute Gasteiger partial charge is 0.231 e. The number of aromatic nitrogens is 2. The maximum absolute atomic E-state index is 12.7. The van der Waals surface area contributed by atoms with Gasteiger partial charge in [0, 0.05) is 24.2 Å². The summed E-state index contributed by atoms with van der Waals surface area (Å²) in [4.78, 5) is 19.0. The Bertz CT molecular complexity index is 944. The van der Waals surface area contributed by atoms with Crippen molar-refractivity contribution in [3.63, 3.8) is 0 Å². The zero-order chi connectivity index (χ0) is 18.1. The van der Waals surface area contributed by atoms with Gasteiger partial charge >= 0.3 is 0 Å². The molecule has 0 unspecified atom stereocenters. The highest BCUT2D eigenvalue weighted by molar-refractivity contribution is 5.97. The van der Waals surface area contributed by atoms with E-state index in [1.165, 1.54) is 5.56 Å². The highest BCUT2D eigenvalue weighted by Crippen LogP contribution is 2.32. The van der Waals surface area contributed by atoms with E-state index in [-0.39, 0.29) is 5.91 Å². The van der Waals surface area contributed by atoms with Crippen molar-refractivity contribution in [1.82, 2.24) is 10.1 Å². The van der Waals surface area contributed by atoms with Gasteiger partial charge in [0.2, 0.25) is 17.6 Å². The van der Waals surface area contributed by atoms with E-state index in [4.69, 9.17) is 4.52 Å². The number of rotatable bonds is 4. The van der Waals surface area contributed by atoms with Gasteiger partial charge in [-0.3, -0.25) is 4.79 Å². The normalized spacial score (nSPS) is 13.1. The van der Waals surface area contributed by atoms with Gasteiger partial charge in [-0.1, -0.05) is 41.9 Å². The minimum absolute atomic E-state index is 0.133. The second kappa shape index (κ2) is 6.75. The molecule has 26 heavy (non-hydrogen) atoms. The number of nitrogens with zero attached hydrogens (tertiary/aromatic N) is 3. The molecule has 0 N–H and O–H groups in total. The van der Waals surface area contributed by atoms with Gasteiger partial charge in [0.1, 0.15) is 0 Å². The largest absolute Gasteiger partial charge is 0.339 e. The van der Waals surface area contributed by atoms with E-state index >= 15 is 0 Å². The molecular weight excluding hydrogens is 326 g/mol. The molecule has 2 aromatic carbocycles. The van der Waals surface area contributed by atoms with Crippen LogP contribution < -0.4 is 4.90 Å². The number of hydrogen-bond acceptors (Lipinski definition) is 4. The van der Waals surface area contributed by atoms with Crippen LogP contribution in [0.3, 0.4) is 0 Å². The number of hydrogen-bond donors (Lipinski definition) is 0. The van der Waals surface area contributed by atoms with Crippen molar-refractivity contribution in [2.24, 2.45) is 0 Å². The Morgan fingerprint density at radius 3 is 2.73 bits per heavy atom. The van der Waals surface area contributed by atoms with Crippen LogP contribution in [-0.4, -0.2) is 22.6 Å². The summed E-state index contributed by atoms with van der Waals surface area (Å²) in [5.74, 6) is 1.37. The van der Waals surface area contributed by atoms with Crippen molar-refractivity contribution in [3.8, 4) is 11.4 Å². The average molecular weight is 347 g/mol. The van der Waals surface area contributed by atoms with Gasteiger partial charge in [0.05, 0.1) is 6.42 Å². The first-order valence-electron chi connectivity index (χ1n) is 8.96. The molecule has 1 aliphatic heterocycles. The van der Waals surface area contributed by atoms with Gasteiger partial charge in [0.15, 0.2) is 0 Å². The molecular formula is C21H21N3O2. The van der Waals surface area contributed by atoms with E-state index in [9.17, 15) is 4.79 Å². The first kappa shape index (κ1) is 16.5. The number of anilines is 1. The quantitative estimate of drug-likeness (QED) is 0.721. The van der Waals surface area contributed by atoms with Gasteiger partial charge in [-0.05, 0) is 42.7 Å². The molecule has 0 spiro atoms. The summed E-state index contributed by atoms with van der Waals surface area (Å²) < 4.78 is 5.20. The van der Waals surface area contributed by atoms with E-state index in [1.807, 2.05) is 55.1 Å². The first-order valence-corrected chi connectivity index (χ1v) is 8.96. The zero-order valence-electron chi connectivity index (χ0n) is 15.0. The van der Waals surface area contributed by atoms with Gasteiger partial charge in [-0.25, -0.2) is 0 Å². The lowest BCUT2D eigenvalue weighted by Crippen LogP contribution is -2.30.